The van der Waals surface area contributed by atoms with Gasteiger partial charge in [0.25, 0.3) is 5.79 Å². The lowest BCUT2D eigenvalue weighted by atomic mass is 9.81. The summed E-state index contributed by atoms with van der Waals surface area (Å²) < 4.78 is 50.2. The highest BCUT2D eigenvalue weighted by Gasteiger charge is 2.47. The number of imidazole rings is 1. The number of benzene rings is 3. The van der Waals surface area contributed by atoms with Crippen molar-refractivity contribution in [3.05, 3.63) is 82.1 Å². The van der Waals surface area contributed by atoms with E-state index < -0.39 is 23.4 Å². The van der Waals surface area contributed by atoms with Crippen LogP contribution in [0.2, 0.25) is 5.02 Å². The third-order valence-corrected chi connectivity index (χ3v) is 9.88. The van der Waals surface area contributed by atoms with Crippen LogP contribution in [0.15, 0.2) is 48.5 Å². The van der Waals surface area contributed by atoms with Gasteiger partial charge in [0.15, 0.2) is 17.3 Å². The Labute approximate surface area is 262 Å². The number of piperazine rings is 1. The second kappa shape index (κ2) is 10.6. The molecule has 4 aromatic rings. The molecule has 0 spiro atoms. The topological polar surface area (TPSA) is 89.3 Å². The van der Waals surface area contributed by atoms with Crippen LogP contribution in [0.25, 0.3) is 11.0 Å². The van der Waals surface area contributed by atoms with Gasteiger partial charge >= 0.3 is 5.97 Å². The van der Waals surface area contributed by atoms with Gasteiger partial charge in [0.2, 0.25) is 0 Å². The zero-order valence-electron chi connectivity index (χ0n) is 24.5. The third kappa shape index (κ3) is 4.71. The molecule has 2 saturated heterocycles. The Bertz CT molecular complexity index is 1850. The minimum Gasteiger partial charge on any atom is -0.478 e. The van der Waals surface area contributed by atoms with Crippen molar-refractivity contribution in [2.45, 2.75) is 63.3 Å². The zero-order chi connectivity index (χ0) is 31.0. The Morgan fingerprint density at radius 1 is 1.07 bits per heavy atom. The van der Waals surface area contributed by atoms with Gasteiger partial charge in [0.05, 0.1) is 41.5 Å². The fraction of sp³-hybridized carbons (Fsp3) is 0.394. The lowest BCUT2D eigenvalue weighted by molar-refractivity contribution is -0.0706. The Balaban J connectivity index is 1.06. The minimum atomic E-state index is -1.34. The summed E-state index contributed by atoms with van der Waals surface area (Å²) in [6.07, 6.45) is 2.85. The highest BCUT2D eigenvalue weighted by atomic mass is 35.5. The fourth-order valence-corrected chi connectivity index (χ4v) is 7.27. The van der Waals surface area contributed by atoms with Crippen LogP contribution in [0.3, 0.4) is 0 Å². The summed E-state index contributed by atoms with van der Waals surface area (Å²) in [7, 11) is 0. The van der Waals surface area contributed by atoms with E-state index >= 15 is 4.39 Å². The first kappa shape index (κ1) is 28.5. The third-order valence-electron chi connectivity index (χ3n) is 9.65. The SMILES string of the molecule is C[C@]1(c2ccc(Cl)cc2F)Oc2cccc(N3CCN(Cc4nc5c(F)cc(C(=O)O)cc5n4C[C@@H]4CCO4)[C@H]4CC[C@@H]43)c2O1. The van der Waals surface area contributed by atoms with E-state index in [0.29, 0.717) is 54.1 Å². The summed E-state index contributed by atoms with van der Waals surface area (Å²) in [5.74, 6) is -1.83. The second-order valence-electron chi connectivity index (χ2n) is 12.3. The molecule has 0 amide bonds. The second-order valence-corrected chi connectivity index (χ2v) is 12.7. The number of hydrogen-bond acceptors (Lipinski definition) is 7. The van der Waals surface area contributed by atoms with E-state index in [2.05, 4.69) is 9.80 Å². The number of para-hydroxylation sites is 1. The molecule has 3 aliphatic heterocycles. The highest BCUT2D eigenvalue weighted by molar-refractivity contribution is 6.30. The van der Waals surface area contributed by atoms with Crippen LogP contribution < -0.4 is 14.4 Å². The van der Waals surface area contributed by atoms with Crippen molar-refractivity contribution < 1.29 is 32.9 Å². The number of carbonyl (C=O) groups is 1. The van der Waals surface area contributed by atoms with Gasteiger partial charge in [-0.2, -0.15) is 0 Å². The van der Waals surface area contributed by atoms with Crippen LogP contribution in [0, 0.1) is 11.6 Å². The standard InChI is InChI=1S/C33H31ClF2N4O5/c1-33(21-6-5-19(34)15-22(21)35)44-28-4-2-3-26(31(28)45-33)39-11-10-38(24-7-8-25(24)39)17-29-37-30-23(36)13-18(32(41)42)14-27(30)40(29)16-20-9-12-43-20/h2-6,13-15,20,24-25H,7-12,16-17H2,1H3,(H,41,42)/t20-,24-,25-,33-/m0/s1. The molecule has 0 unspecified atom stereocenters. The van der Waals surface area contributed by atoms with E-state index in [-0.39, 0.29) is 34.8 Å². The quantitative estimate of drug-likeness (QED) is 0.266. The number of hydrogen-bond donors (Lipinski definition) is 1. The molecule has 9 nitrogen and oxygen atoms in total. The monoisotopic (exact) mass is 636 g/mol. The van der Waals surface area contributed by atoms with Crippen molar-refractivity contribution >= 4 is 34.3 Å². The van der Waals surface area contributed by atoms with Crippen LogP contribution in [0.5, 0.6) is 11.5 Å². The molecule has 12 heteroatoms. The number of carboxylic acid groups (broad SMARTS) is 1. The van der Waals surface area contributed by atoms with Crippen molar-refractivity contribution in [3.63, 3.8) is 0 Å². The predicted octanol–water partition coefficient (Wildman–Crippen LogP) is 5.95. The maximum absolute atomic E-state index is 15.1. The molecular formula is C33H31ClF2N4O5. The Kier molecular flexibility index (Phi) is 6.70. The molecule has 0 bridgehead atoms. The number of carboxylic acids is 1. The highest BCUT2D eigenvalue weighted by Crippen LogP contribution is 2.51. The first-order valence-electron chi connectivity index (χ1n) is 15.2. The number of halogens is 3. The summed E-state index contributed by atoms with van der Waals surface area (Å²) in [5, 5.41) is 9.85. The zero-order valence-corrected chi connectivity index (χ0v) is 25.3. The van der Waals surface area contributed by atoms with Crippen LogP contribution in [-0.4, -0.2) is 63.4 Å². The summed E-state index contributed by atoms with van der Waals surface area (Å²) >= 11 is 5.99. The van der Waals surface area contributed by atoms with Gasteiger partial charge in [-0.25, -0.2) is 18.6 Å². The molecule has 4 heterocycles. The lowest BCUT2D eigenvalue weighted by Gasteiger charge is -2.54. The summed E-state index contributed by atoms with van der Waals surface area (Å²) in [4.78, 5) is 21.1. The van der Waals surface area contributed by atoms with Gasteiger partial charge in [0, 0.05) is 43.7 Å². The van der Waals surface area contributed by atoms with Gasteiger partial charge < -0.3 is 28.8 Å². The van der Waals surface area contributed by atoms with Gasteiger partial charge in [-0.1, -0.05) is 17.7 Å². The lowest BCUT2D eigenvalue weighted by Crippen LogP contribution is -2.64. The summed E-state index contributed by atoms with van der Waals surface area (Å²) in [6.45, 7) is 4.80. The van der Waals surface area contributed by atoms with Gasteiger partial charge in [-0.05, 0) is 61.7 Å². The average molecular weight is 637 g/mol. The number of nitrogens with zero attached hydrogens (tertiary/aromatic N) is 4. The van der Waals surface area contributed by atoms with E-state index in [1.165, 1.54) is 12.1 Å². The van der Waals surface area contributed by atoms with Crippen molar-refractivity contribution in [1.82, 2.24) is 14.5 Å². The van der Waals surface area contributed by atoms with E-state index in [1.807, 2.05) is 22.8 Å². The normalized spacial score (nSPS) is 25.6. The molecule has 1 aliphatic carbocycles. The van der Waals surface area contributed by atoms with Crippen molar-refractivity contribution in [2.24, 2.45) is 0 Å². The van der Waals surface area contributed by atoms with Crippen LogP contribution in [0.4, 0.5) is 14.5 Å². The summed E-state index contributed by atoms with van der Waals surface area (Å²) in [5.41, 5.74) is 1.71. The van der Waals surface area contributed by atoms with Crippen LogP contribution in [0.1, 0.15) is 47.9 Å². The summed E-state index contributed by atoms with van der Waals surface area (Å²) in [6, 6.07) is 13.2. The van der Waals surface area contributed by atoms with Crippen molar-refractivity contribution in [3.8, 4) is 11.5 Å². The predicted molar refractivity (Wildman–Crippen MR) is 162 cm³/mol. The number of aromatic carboxylic acids is 1. The number of ether oxygens (including phenoxy) is 3. The largest absolute Gasteiger partial charge is 0.478 e. The van der Waals surface area contributed by atoms with Gasteiger partial charge in [-0.3, -0.25) is 4.90 Å². The Hall–Kier alpha value is -3.93. The van der Waals surface area contributed by atoms with Crippen molar-refractivity contribution in [2.75, 3.05) is 24.6 Å². The molecule has 4 aliphatic rings. The van der Waals surface area contributed by atoms with E-state index in [1.54, 1.807) is 19.1 Å². The minimum absolute atomic E-state index is 0.0135. The number of anilines is 1. The maximum Gasteiger partial charge on any atom is 0.335 e. The molecule has 1 N–H and O–H groups in total. The molecule has 234 valence electrons. The molecule has 1 saturated carbocycles. The number of rotatable bonds is 7. The van der Waals surface area contributed by atoms with E-state index in [4.69, 9.17) is 30.8 Å². The molecule has 3 fully saturated rings. The maximum atomic E-state index is 15.1. The van der Waals surface area contributed by atoms with Crippen molar-refractivity contribution in [1.29, 1.82) is 0 Å². The van der Waals surface area contributed by atoms with E-state index in [9.17, 15) is 14.3 Å². The van der Waals surface area contributed by atoms with Gasteiger partial charge in [-0.15, -0.1) is 0 Å². The van der Waals surface area contributed by atoms with Crippen LogP contribution in [-0.2, 0) is 23.6 Å². The molecule has 1 aromatic heterocycles. The molecular weight excluding hydrogens is 606 g/mol. The number of fused-ring (bicyclic) bond motifs is 3. The average Bonchev–Trinajstić information content (AvgIpc) is 3.48. The molecule has 0 radical (unpaired) electrons. The Morgan fingerprint density at radius 3 is 2.60 bits per heavy atom. The Morgan fingerprint density at radius 2 is 1.89 bits per heavy atom. The molecule has 4 atom stereocenters. The smallest absolute Gasteiger partial charge is 0.335 e. The molecule has 45 heavy (non-hydrogen) atoms. The van der Waals surface area contributed by atoms with E-state index in [0.717, 1.165) is 37.6 Å². The van der Waals surface area contributed by atoms with Crippen LogP contribution >= 0.6 is 11.6 Å². The first-order chi connectivity index (χ1) is 21.7. The molecule has 8 rings (SSSR count). The molecule has 3 aromatic carbocycles. The van der Waals surface area contributed by atoms with Gasteiger partial charge in [0.1, 0.15) is 17.2 Å². The number of aromatic nitrogens is 2. The first-order valence-corrected chi connectivity index (χ1v) is 15.6. The fourth-order valence-electron chi connectivity index (χ4n) is 7.12.